The molecule has 1 heterocycles. The van der Waals surface area contributed by atoms with Gasteiger partial charge in [-0.05, 0) is 17.6 Å². The van der Waals surface area contributed by atoms with Crippen LogP contribution in [0, 0.1) is 5.92 Å². The van der Waals surface area contributed by atoms with Gasteiger partial charge in [-0.25, -0.2) is 4.79 Å². The molecule has 94 valence electrons. The van der Waals surface area contributed by atoms with Crippen molar-refractivity contribution in [3.05, 3.63) is 53.6 Å². The molecule has 1 aromatic rings. The van der Waals surface area contributed by atoms with Gasteiger partial charge < -0.3 is 10.4 Å². The molecule has 0 fully saturated rings. The van der Waals surface area contributed by atoms with Crippen LogP contribution in [0.3, 0.4) is 0 Å². The molecule has 0 amide bonds. The van der Waals surface area contributed by atoms with Crippen LogP contribution < -0.4 is 5.32 Å². The van der Waals surface area contributed by atoms with Gasteiger partial charge in [0.1, 0.15) is 0 Å². The number of benzene rings is 1. The Kier molecular flexibility index (Phi) is 3.51. The lowest BCUT2D eigenvalue weighted by Gasteiger charge is -2.26. The van der Waals surface area contributed by atoms with Gasteiger partial charge in [-0.3, -0.25) is 0 Å². The lowest BCUT2D eigenvalue weighted by atomic mass is 9.95. The van der Waals surface area contributed by atoms with Gasteiger partial charge >= 0.3 is 5.97 Å². The minimum absolute atomic E-state index is 0.170. The van der Waals surface area contributed by atoms with Gasteiger partial charge in [-0.1, -0.05) is 50.3 Å². The second-order valence-corrected chi connectivity index (χ2v) is 4.73. The van der Waals surface area contributed by atoms with E-state index in [1.54, 1.807) is 6.08 Å². The highest BCUT2D eigenvalue weighted by Crippen LogP contribution is 2.23. The molecular formula is C15H17NO2. The molecule has 3 heteroatoms. The normalized spacial score (nSPS) is 18.9. The first-order valence-electron chi connectivity index (χ1n) is 6.07. The maximum atomic E-state index is 11.3. The molecule has 0 radical (unpaired) electrons. The Labute approximate surface area is 107 Å². The molecule has 0 bridgehead atoms. The van der Waals surface area contributed by atoms with E-state index < -0.39 is 5.97 Å². The largest absolute Gasteiger partial charge is 0.478 e. The van der Waals surface area contributed by atoms with Crippen molar-refractivity contribution in [3.63, 3.8) is 0 Å². The molecule has 1 aliphatic heterocycles. The summed E-state index contributed by atoms with van der Waals surface area (Å²) in [4.78, 5) is 11.3. The summed E-state index contributed by atoms with van der Waals surface area (Å²) in [6, 6.07) is 9.74. The highest BCUT2D eigenvalue weighted by molar-refractivity contribution is 5.99. The van der Waals surface area contributed by atoms with Crippen molar-refractivity contribution in [2.45, 2.75) is 19.9 Å². The van der Waals surface area contributed by atoms with Crippen molar-refractivity contribution in [1.82, 2.24) is 5.32 Å². The number of hydrogen-bond donors (Lipinski definition) is 2. The van der Waals surface area contributed by atoms with Crippen molar-refractivity contribution < 1.29 is 9.90 Å². The summed E-state index contributed by atoms with van der Waals surface area (Å²) >= 11 is 0. The third-order valence-electron chi connectivity index (χ3n) is 3.06. The Balaban J connectivity index is 2.43. The molecular weight excluding hydrogens is 226 g/mol. The SMILES string of the molecule is CC(C)C1C=CC(C(=O)O)=C(c2ccccc2)N1. The van der Waals surface area contributed by atoms with Crippen LogP contribution in [0.25, 0.3) is 5.70 Å². The first-order valence-corrected chi connectivity index (χ1v) is 6.07. The predicted octanol–water partition coefficient (Wildman–Crippen LogP) is 2.67. The maximum Gasteiger partial charge on any atom is 0.337 e. The van der Waals surface area contributed by atoms with Gasteiger partial charge in [0.2, 0.25) is 0 Å². The van der Waals surface area contributed by atoms with Crippen LogP contribution in [0.1, 0.15) is 19.4 Å². The average molecular weight is 243 g/mol. The van der Waals surface area contributed by atoms with Gasteiger partial charge in [-0.15, -0.1) is 0 Å². The van der Waals surface area contributed by atoms with Gasteiger partial charge in [0.25, 0.3) is 0 Å². The Bertz CT molecular complexity index is 500. The first-order chi connectivity index (χ1) is 8.59. The number of nitrogens with one attached hydrogen (secondary N) is 1. The Morgan fingerprint density at radius 1 is 1.28 bits per heavy atom. The monoisotopic (exact) mass is 243 g/mol. The summed E-state index contributed by atoms with van der Waals surface area (Å²) in [5.41, 5.74) is 1.92. The van der Waals surface area contributed by atoms with Crippen molar-refractivity contribution in [2.24, 2.45) is 5.92 Å². The Morgan fingerprint density at radius 2 is 1.94 bits per heavy atom. The lowest BCUT2D eigenvalue weighted by molar-refractivity contribution is -0.132. The fourth-order valence-corrected chi connectivity index (χ4v) is 1.99. The summed E-state index contributed by atoms with van der Waals surface area (Å²) in [6.07, 6.45) is 3.62. The summed E-state index contributed by atoms with van der Waals surface area (Å²) in [6.45, 7) is 4.22. The molecule has 1 aliphatic rings. The lowest BCUT2D eigenvalue weighted by Crippen LogP contribution is -2.34. The second kappa shape index (κ2) is 5.08. The minimum Gasteiger partial charge on any atom is -0.478 e. The highest BCUT2D eigenvalue weighted by atomic mass is 16.4. The smallest absolute Gasteiger partial charge is 0.337 e. The number of rotatable bonds is 3. The highest BCUT2D eigenvalue weighted by Gasteiger charge is 2.22. The van der Waals surface area contributed by atoms with E-state index in [2.05, 4.69) is 19.2 Å². The van der Waals surface area contributed by atoms with Crippen molar-refractivity contribution in [2.75, 3.05) is 0 Å². The molecule has 18 heavy (non-hydrogen) atoms. The fourth-order valence-electron chi connectivity index (χ4n) is 1.99. The van der Waals surface area contributed by atoms with Crippen LogP contribution in [0.5, 0.6) is 0 Å². The van der Waals surface area contributed by atoms with E-state index in [1.807, 2.05) is 36.4 Å². The molecule has 0 aliphatic carbocycles. The van der Waals surface area contributed by atoms with Gasteiger partial charge in [0, 0.05) is 6.04 Å². The van der Waals surface area contributed by atoms with E-state index in [0.29, 0.717) is 17.2 Å². The number of hydrogen-bond acceptors (Lipinski definition) is 2. The van der Waals surface area contributed by atoms with Crippen molar-refractivity contribution in [3.8, 4) is 0 Å². The topological polar surface area (TPSA) is 49.3 Å². The summed E-state index contributed by atoms with van der Waals surface area (Å²) in [5, 5.41) is 12.6. The average Bonchev–Trinajstić information content (AvgIpc) is 2.39. The zero-order valence-corrected chi connectivity index (χ0v) is 10.6. The zero-order valence-electron chi connectivity index (χ0n) is 10.6. The fraction of sp³-hybridized carbons (Fsp3) is 0.267. The summed E-state index contributed by atoms with van der Waals surface area (Å²) in [7, 11) is 0. The van der Waals surface area contributed by atoms with E-state index in [9.17, 15) is 9.90 Å². The van der Waals surface area contributed by atoms with E-state index in [-0.39, 0.29) is 6.04 Å². The van der Waals surface area contributed by atoms with E-state index in [0.717, 1.165) is 5.56 Å². The molecule has 2 N–H and O–H groups in total. The van der Waals surface area contributed by atoms with Gasteiger partial charge in [-0.2, -0.15) is 0 Å². The quantitative estimate of drug-likeness (QED) is 0.858. The summed E-state index contributed by atoms with van der Waals surface area (Å²) < 4.78 is 0. The summed E-state index contributed by atoms with van der Waals surface area (Å²) in [5.74, 6) is -0.491. The van der Waals surface area contributed by atoms with E-state index in [1.165, 1.54) is 0 Å². The van der Waals surface area contributed by atoms with Crippen LogP contribution in [0.15, 0.2) is 48.1 Å². The number of carboxylic acid groups (broad SMARTS) is 1. The molecule has 2 rings (SSSR count). The van der Waals surface area contributed by atoms with Crippen LogP contribution >= 0.6 is 0 Å². The van der Waals surface area contributed by atoms with Crippen LogP contribution in [0.2, 0.25) is 0 Å². The van der Waals surface area contributed by atoms with Crippen molar-refractivity contribution >= 4 is 11.7 Å². The zero-order chi connectivity index (χ0) is 13.1. The van der Waals surface area contributed by atoms with Gasteiger partial charge in [0.15, 0.2) is 0 Å². The molecule has 3 nitrogen and oxygen atoms in total. The molecule has 0 spiro atoms. The number of carboxylic acids is 1. The molecule has 0 aromatic heterocycles. The minimum atomic E-state index is -0.903. The molecule has 1 unspecified atom stereocenters. The third kappa shape index (κ3) is 2.45. The Morgan fingerprint density at radius 3 is 2.50 bits per heavy atom. The van der Waals surface area contributed by atoms with Crippen molar-refractivity contribution in [1.29, 1.82) is 0 Å². The number of carbonyl (C=O) groups is 1. The van der Waals surface area contributed by atoms with E-state index >= 15 is 0 Å². The first kappa shape index (κ1) is 12.4. The molecule has 0 saturated carbocycles. The molecule has 1 aromatic carbocycles. The van der Waals surface area contributed by atoms with E-state index in [4.69, 9.17) is 0 Å². The molecule has 0 saturated heterocycles. The maximum absolute atomic E-state index is 11.3. The number of aliphatic carboxylic acids is 1. The van der Waals surface area contributed by atoms with Crippen LogP contribution in [-0.4, -0.2) is 17.1 Å². The van der Waals surface area contributed by atoms with Gasteiger partial charge in [0.05, 0.1) is 11.3 Å². The standard InChI is InChI=1S/C15H17NO2/c1-10(2)13-9-8-12(15(17)18)14(16-13)11-6-4-3-5-7-11/h3-10,13,16H,1-2H3,(H,17,18). The number of dihydropyridines is 1. The second-order valence-electron chi connectivity index (χ2n) is 4.73. The van der Waals surface area contributed by atoms with Crippen LogP contribution in [-0.2, 0) is 4.79 Å². The Hall–Kier alpha value is -2.03. The molecule has 1 atom stereocenters. The van der Waals surface area contributed by atoms with Crippen LogP contribution in [0.4, 0.5) is 0 Å². The third-order valence-corrected chi connectivity index (χ3v) is 3.06. The predicted molar refractivity (Wildman–Crippen MR) is 71.9 cm³/mol.